The number of carboxylic acid groups (broad SMARTS) is 1. The van der Waals surface area contributed by atoms with Crippen LogP contribution < -0.4 is 15.3 Å². The molecule has 1 atom stereocenters. The van der Waals surface area contributed by atoms with Crippen molar-refractivity contribution in [1.29, 1.82) is 0 Å². The number of carboxylic acids is 1. The molecular formula is C16H17BN4O6S. The number of amides is 1. The fourth-order valence-electron chi connectivity index (χ4n) is 2.78. The lowest BCUT2D eigenvalue weighted by Crippen LogP contribution is -2.54. The Bertz CT molecular complexity index is 934. The molecule has 0 unspecified atom stereocenters. The van der Waals surface area contributed by atoms with E-state index in [-0.39, 0.29) is 29.1 Å². The maximum absolute atomic E-state index is 12.5. The molecule has 2 aromatic rings. The fourth-order valence-corrected chi connectivity index (χ4v) is 3.55. The summed E-state index contributed by atoms with van der Waals surface area (Å²) < 4.78 is 5.33. The van der Waals surface area contributed by atoms with Crippen molar-refractivity contribution in [1.82, 2.24) is 10.3 Å². The fraction of sp³-hybridized carbons (Fsp3) is 0.250. The Morgan fingerprint density at radius 2 is 2.25 bits per heavy atom. The molecule has 28 heavy (non-hydrogen) atoms. The second-order valence-electron chi connectivity index (χ2n) is 5.91. The quantitative estimate of drug-likeness (QED) is 0.203. The number of fused-ring (bicyclic) bond motifs is 1. The number of para-hydroxylation sites is 1. The maximum atomic E-state index is 12.5. The molecule has 0 aliphatic carbocycles. The first kappa shape index (κ1) is 19.6. The molecule has 5 N–H and O–H groups in total. The van der Waals surface area contributed by atoms with Gasteiger partial charge >= 0.3 is 13.1 Å². The topological polar surface area (TPSA) is 153 Å². The van der Waals surface area contributed by atoms with E-state index in [0.29, 0.717) is 17.2 Å². The number of thiazole rings is 1. The third-order valence-electron chi connectivity index (χ3n) is 4.06. The molecule has 0 radical (unpaired) electrons. The van der Waals surface area contributed by atoms with E-state index in [1.165, 1.54) is 17.4 Å². The van der Waals surface area contributed by atoms with E-state index in [0.717, 1.165) is 0 Å². The highest BCUT2D eigenvalue weighted by atomic mass is 32.1. The Hall–Kier alpha value is -3.12. The molecule has 3 rings (SSSR count). The Morgan fingerprint density at radius 1 is 1.46 bits per heavy atom. The van der Waals surface area contributed by atoms with Crippen LogP contribution in [0.25, 0.3) is 0 Å². The molecule has 146 valence electrons. The number of oxime groups is 1. The normalized spacial score (nSPS) is 16.1. The molecule has 2 heterocycles. The van der Waals surface area contributed by atoms with E-state index >= 15 is 0 Å². The van der Waals surface area contributed by atoms with Crippen molar-refractivity contribution in [3.8, 4) is 5.75 Å². The SMILES string of the molecule is CCNc1nc(/C(=N/O)C(=O)N[C@H]2Cc3cccc(C(=O)O)c3OB2O)cs1. The Labute approximate surface area is 164 Å². The van der Waals surface area contributed by atoms with Crippen molar-refractivity contribution in [2.24, 2.45) is 5.16 Å². The smallest absolute Gasteiger partial charge is 0.534 e. The van der Waals surface area contributed by atoms with Crippen LogP contribution in [0.1, 0.15) is 28.5 Å². The van der Waals surface area contributed by atoms with Crippen molar-refractivity contribution in [2.45, 2.75) is 19.3 Å². The predicted octanol–water partition coefficient (Wildman–Crippen LogP) is 0.591. The van der Waals surface area contributed by atoms with Crippen LogP contribution in [0.5, 0.6) is 5.75 Å². The first-order valence-electron chi connectivity index (χ1n) is 8.37. The lowest BCUT2D eigenvalue weighted by Gasteiger charge is -2.28. The lowest BCUT2D eigenvalue weighted by atomic mass is 9.72. The van der Waals surface area contributed by atoms with E-state index in [9.17, 15) is 24.9 Å². The van der Waals surface area contributed by atoms with Crippen LogP contribution in [0.3, 0.4) is 0 Å². The zero-order valence-corrected chi connectivity index (χ0v) is 15.6. The number of hydrogen-bond donors (Lipinski definition) is 5. The summed E-state index contributed by atoms with van der Waals surface area (Å²) in [5.41, 5.74) is 0.330. The van der Waals surface area contributed by atoms with Gasteiger partial charge in [0.15, 0.2) is 10.8 Å². The van der Waals surface area contributed by atoms with Crippen LogP contribution >= 0.6 is 11.3 Å². The summed E-state index contributed by atoms with van der Waals surface area (Å²) >= 11 is 1.25. The van der Waals surface area contributed by atoms with Gasteiger partial charge in [-0.05, 0) is 25.0 Å². The van der Waals surface area contributed by atoms with Crippen LogP contribution in [0.4, 0.5) is 5.13 Å². The number of benzene rings is 1. The lowest BCUT2D eigenvalue weighted by molar-refractivity contribution is -0.115. The zero-order valence-electron chi connectivity index (χ0n) is 14.7. The predicted molar refractivity (Wildman–Crippen MR) is 102 cm³/mol. The molecule has 0 spiro atoms. The van der Waals surface area contributed by atoms with E-state index in [4.69, 9.17) is 4.65 Å². The molecular weight excluding hydrogens is 387 g/mol. The van der Waals surface area contributed by atoms with Crippen LogP contribution in [0.2, 0.25) is 0 Å². The number of carbonyl (C=O) groups is 2. The summed E-state index contributed by atoms with van der Waals surface area (Å²) in [6.45, 7) is 2.54. The minimum absolute atomic E-state index is 0.0684. The molecule has 0 saturated carbocycles. The molecule has 1 aliphatic rings. The van der Waals surface area contributed by atoms with Gasteiger partial charge in [0.1, 0.15) is 11.4 Å². The average molecular weight is 404 g/mol. The van der Waals surface area contributed by atoms with Gasteiger partial charge in [-0.2, -0.15) is 0 Å². The molecule has 10 nitrogen and oxygen atoms in total. The first-order valence-corrected chi connectivity index (χ1v) is 9.25. The summed E-state index contributed by atoms with van der Waals surface area (Å²) in [5, 5.41) is 39.4. The van der Waals surface area contributed by atoms with Gasteiger partial charge in [-0.25, -0.2) is 9.78 Å². The Kier molecular flexibility index (Phi) is 5.80. The third-order valence-corrected chi connectivity index (χ3v) is 4.86. The molecule has 1 aromatic heterocycles. The van der Waals surface area contributed by atoms with Crippen LogP contribution in [-0.4, -0.2) is 57.5 Å². The minimum atomic E-state index is -1.47. The van der Waals surface area contributed by atoms with Gasteiger partial charge in [-0.1, -0.05) is 17.3 Å². The molecule has 0 fully saturated rings. The van der Waals surface area contributed by atoms with E-state index in [1.54, 1.807) is 17.5 Å². The molecule has 12 heteroatoms. The van der Waals surface area contributed by atoms with Crippen LogP contribution in [0.15, 0.2) is 28.7 Å². The van der Waals surface area contributed by atoms with E-state index in [2.05, 4.69) is 20.8 Å². The summed E-state index contributed by atoms with van der Waals surface area (Å²) in [6, 6.07) is 4.57. The van der Waals surface area contributed by atoms with E-state index < -0.39 is 24.9 Å². The summed E-state index contributed by atoms with van der Waals surface area (Å²) in [4.78, 5) is 28.0. The number of carbonyl (C=O) groups excluding carboxylic acids is 1. The van der Waals surface area contributed by atoms with Crippen LogP contribution in [0, 0.1) is 0 Å². The number of aromatic carboxylic acids is 1. The standard InChI is InChI=1S/C16H17BN4O6S/c1-2-18-16-19-10(7-28-16)12(21-26)14(22)20-11-6-8-4-3-5-9(15(23)24)13(8)27-17(11)25/h3-5,7,11,25-26H,2,6H2,1H3,(H,18,19)(H,20,22)(H,23,24)/b21-12-/t11-/m0/s1. The van der Waals surface area contributed by atoms with Crippen molar-refractivity contribution in [3.63, 3.8) is 0 Å². The highest BCUT2D eigenvalue weighted by Gasteiger charge is 2.38. The third kappa shape index (κ3) is 3.92. The van der Waals surface area contributed by atoms with Crippen molar-refractivity contribution in [3.05, 3.63) is 40.4 Å². The molecule has 1 amide bonds. The number of aromatic nitrogens is 1. The van der Waals surface area contributed by atoms with Gasteiger partial charge in [0.25, 0.3) is 5.91 Å². The summed E-state index contributed by atoms with van der Waals surface area (Å²) in [6.07, 6.45) is 0.141. The molecule has 0 bridgehead atoms. The van der Waals surface area contributed by atoms with E-state index in [1.807, 2.05) is 6.92 Å². The van der Waals surface area contributed by atoms with Gasteiger partial charge in [0.05, 0.1) is 11.5 Å². The second-order valence-corrected chi connectivity index (χ2v) is 6.77. The number of hydrogen-bond acceptors (Lipinski definition) is 9. The zero-order chi connectivity index (χ0) is 20.3. The number of rotatable bonds is 6. The largest absolute Gasteiger partial charge is 0.547 e. The minimum Gasteiger partial charge on any atom is -0.534 e. The second kappa shape index (κ2) is 8.27. The molecule has 1 aromatic carbocycles. The molecule has 1 aliphatic heterocycles. The average Bonchev–Trinajstić information content (AvgIpc) is 3.11. The summed E-state index contributed by atoms with van der Waals surface area (Å²) in [5.74, 6) is -2.73. The monoisotopic (exact) mass is 404 g/mol. The van der Waals surface area contributed by atoms with Gasteiger partial charge in [-0.3, -0.25) is 4.79 Å². The first-order chi connectivity index (χ1) is 13.4. The highest BCUT2D eigenvalue weighted by molar-refractivity contribution is 7.14. The number of nitrogens with zero attached hydrogens (tertiary/aromatic N) is 2. The maximum Gasteiger partial charge on any atom is 0.547 e. The van der Waals surface area contributed by atoms with Crippen LogP contribution in [-0.2, 0) is 11.2 Å². The van der Waals surface area contributed by atoms with Crippen molar-refractivity contribution in [2.75, 3.05) is 11.9 Å². The van der Waals surface area contributed by atoms with Gasteiger partial charge in [0.2, 0.25) is 0 Å². The van der Waals surface area contributed by atoms with Gasteiger partial charge < -0.3 is 30.6 Å². The van der Waals surface area contributed by atoms with Gasteiger partial charge in [0, 0.05) is 11.9 Å². The number of nitrogens with one attached hydrogen (secondary N) is 2. The Morgan fingerprint density at radius 3 is 2.93 bits per heavy atom. The highest BCUT2D eigenvalue weighted by Crippen LogP contribution is 2.30. The Balaban J connectivity index is 1.76. The van der Waals surface area contributed by atoms with Crippen molar-refractivity contribution < 1.29 is 29.6 Å². The molecule has 0 saturated heterocycles. The van der Waals surface area contributed by atoms with Gasteiger partial charge in [-0.15, -0.1) is 11.3 Å². The van der Waals surface area contributed by atoms with Crippen molar-refractivity contribution >= 4 is 41.2 Å². The number of anilines is 1. The summed E-state index contributed by atoms with van der Waals surface area (Å²) in [7, 11) is -1.47.